The van der Waals surface area contributed by atoms with E-state index in [4.69, 9.17) is 5.73 Å². The van der Waals surface area contributed by atoms with Crippen molar-refractivity contribution < 1.29 is 4.79 Å². The number of nitrogens with one attached hydrogen (secondary N) is 1. The molecule has 3 N–H and O–H groups in total. The minimum atomic E-state index is -0.403. The van der Waals surface area contributed by atoms with Crippen LogP contribution < -0.4 is 11.1 Å². The standard InChI is InChI=1S/C13H21N3O/c1-3-4-8-12(14)13(17)15-9-11-7-5-6-10(2)16-11/h5-7,12H,3-4,8-9,14H2,1-2H3,(H,15,17). The van der Waals surface area contributed by atoms with E-state index in [1.54, 1.807) is 0 Å². The summed E-state index contributed by atoms with van der Waals surface area (Å²) in [7, 11) is 0. The number of rotatable bonds is 6. The summed E-state index contributed by atoms with van der Waals surface area (Å²) in [5.74, 6) is -0.0956. The van der Waals surface area contributed by atoms with Crippen molar-refractivity contribution in [2.24, 2.45) is 5.73 Å². The molecule has 4 nitrogen and oxygen atoms in total. The van der Waals surface area contributed by atoms with Crippen LogP contribution in [0.5, 0.6) is 0 Å². The first kappa shape index (κ1) is 13.6. The number of carbonyl (C=O) groups excluding carboxylic acids is 1. The first-order valence-electron chi connectivity index (χ1n) is 6.09. The van der Waals surface area contributed by atoms with E-state index in [9.17, 15) is 4.79 Å². The first-order chi connectivity index (χ1) is 8.13. The summed E-state index contributed by atoms with van der Waals surface area (Å²) in [6.07, 6.45) is 2.78. The highest BCUT2D eigenvalue weighted by molar-refractivity contribution is 5.81. The smallest absolute Gasteiger partial charge is 0.237 e. The Labute approximate surface area is 103 Å². The maximum Gasteiger partial charge on any atom is 0.237 e. The molecule has 1 amide bonds. The van der Waals surface area contributed by atoms with E-state index in [2.05, 4.69) is 17.2 Å². The summed E-state index contributed by atoms with van der Waals surface area (Å²) in [5, 5.41) is 2.81. The summed E-state index contributed by atoms with van der Waals surface area (Å²) in [4.78, 5) is 16.0. The number of amides is 1. The minimum absolute atomic E-state index is 0.0956. The van der Waals surface area contributed by atoms with Gasteiger partial charge >= 0.3 is 0 Å². The zero-order valence-electron chi connectivity index (χ0n) is 10.6. The molecule has 0 fully saturated rings. The summed E-state index contributed by atoms with van der Waals surface area (Å²) >= 11 is 0. The average Bonchev–Trinajstić information content (AvgIpc) is 2.33. The Hall–Kier alpha value is -1.42. The third kappa shape index (κ3) is 4.95. The van der Waals surface area contributed by atoms with Crippen LogP contribution in [0.1, 0.15) is 37.6 Å². The molecule has 1 atom stereocenters. The van der Waals surface area contributed by atoms with Gasteiger partial charge < -0.3 is 11.1 Å². The number of nitrogens with two attached hydrogens (primary N) is 1. The quantitative estimate of drug-likeness (QED) is 0.785. The molecule has 1 rings (SSSR count). The van der Waals surface area contributed by atoms with Gasteiger partial charge in [0.05, 0.1) is 18.3 Å². The van der Waals surface area contributed by atoms with Crippen molar-refractivity contribution in [2.45, 2.75) is 45.7 Å². The Bertz CT molecular complexity index is 365. The van der Waals surface area contributed by atoms with Crippen molar-refractivity contribution in [1.82, 2.24) is 10.3 Å². The Morgan fingerprint density at radius 1 is 1.53 bits per heavy atom. The lowest BCUT2D eigenvalue weighted by Gasteiger charge is -2.11. The van der Waals surface area contributed by atoms with Crippen LogP contribution in [-0.2, 0) is 11.3 Å². The fraction of sp³-hybridized carbons (Fsp3) is 0.538. The number of aryl methyl sites for hydroxylation is 1. The molecule has 0 saturated carbocycles. The largest absolute Gasteiger partial charge is 0.349 e. The lowest BCUT2D eigenvalue weighted by molar-refractivity contribution is -0.122. The van der Waals surface area contributed by atoms with E-state index in [-0.39, 0.29) is 5.91 Å². The highest BCUT2D eigenvalue weighted by Gasteiger charge is 2.11. The van der Waals surface area contributed by atoms with Crippen molar-refractivity contribution in [1.29, 1.82) is 0 Å². The second-order valence-electron chi connectivity index (χ2n) is 4.24. The van der Waals surface area contributed by atoms with Crippen LogP contribution >= 0.6 is 0 Å². The number of unbranched alkanes of at least 4 members (excludes halogenated alkanes) is 1. The topological polar surface area (TPSA) is 68.0 Å². The Morgan fingerprint density at radius 2 is 2.29 bits per heavy atom. The molecule has 17 heavy (non-hydrogen) atoms. The van der Waals surface area contributed by atoms with Gasteiger partial charge in [0.1, 0.15) is 0 Å². The third-order valence-corrected chi connectivity index (χ3v) is 2.60. The van der Waals surface area contributed by atoms with Crippen molar-refractivity contribution in [3.05, 3.63) is 29.6 Å². The predicted octanol–water partition coefficient (Wildman–Crippen LogP) is 1.52. The molecule has 0 bridgehead atoms. The monoisotopic (exact) mass is 235 g/mol. The first-order valence-corrected chi connectivity index (χ1v) is 6.09. The zero-order valence-corrected chi connectivity index (χ0v) is 10.6. The summed E-state index contributed by atoms with van der Waals surface area (Å²) in [5.41, 5.74) is 7.58. The average molecular weight is 235 g/mol. The molecule has 1 aromatic rings. The van der Waals surface area contributed by atoms with Crippen LogP contribution in [0.15, 0.2) is 18.2 Å². The van der Waals surface area contributed by atoms with Gasteiger partial charge in [-0.3, -0.25) is 9.78 Å². The minimum Gasteiger partial charge on any atom is -0.349 e. The van der Waals surface area contributed by atoms with Gasteiger partial charge in [-0.1, -0.05) is 25.8 Å². The molecule has 94 valence electrons. The second kappa shape index (κ2) is 7.01. The van der Waals surface area contributed by atoms with Crippen LogP contribution in [0.4, 0.5) is 0 Å². The van der Waals surface area contributed by atoms with Gasteiger partial charge in [0.25, 0.3) is 0 Å². The fourth-order valence-electron chi connectivity index (χ4n) is 1.56. The van der Waals surface area contributed by atoms with E-state index in [0.29, 0.717) is 6.54 Å². The van der Waals surface area contributed by atoms with Crippen LogP contribution in [0, 0.1) is 6.92 Å². The summed E-state index contributed by atoms with van der Waals surface area (Å²) < 4.78 is 0. The molecule has 0 aliphatic rings. The predicted molar refractivity (Wildman–Crippen MR) is 68.3 cm³/mol. The van der Waals surface area contributed by atoms with Gasteiger partial charge in [-0.2, -0.15) is 0 Å². The maximum atomic E-state index is 11.6. The summed E-state index contributed by atoms with van der Waals surface area (Å²) in [6, 6.07) is 5.35. The Morgan fingerprint density at radius 3 is 2.94 bits per heavy atom. The van der Waals surface area contributed by atoms with Crippen molar-refractivity contribution in [2.75, 3.05) is 0 Å². The number of nitrogens with zero attached hydrogens (tertiary/aromatic N) is 1. The highest BCUT2D eigenvalue weighted by atomic mass is 16.2. The molecular formula is C13H21N3O. The third-order valence-electron chi connectivity index (χ3n) is 2.60. The number of hydrogen-bond acceptors (Lipinski definition) is 3. The van der Waals surface area contributed by atoms with E-state index >= 15 is 0 Å². The molecule has 0 aromatic carbocycles. The van der Waals surface area contributed by atoms with Gasteiger partial charge in [0.2, 0.25) is 5.91 Å². The molecule has 1 heterocycles. The molecular weight excluding hydrogens is 214 g/mol. The lowest BCUT2D eigenvalue weighted by Crippen LogP contribution is -2.40. The molecule has 0 aliphatic heterocycles. The van der Waals surface area contributed by atoms with E-state index in [1.165, 1.54) is 0 Å². The molecule has 0 aliphatic carbocycles. The number of hydrogen-bond donors (Lipinski definition) is 2. The number of aromatic nitrogens is 1. The SMILES string of the molecule is CCCCC(N)C(=O)NCc1cccc(C)n1. The van der Waals surface area contributed by atoms with Gasteiger partial charge in [-0.15, -0.1) is 0 Å². The van der Waals surface area contributed by atoms with E-state index in [0.717, 1.165) is 30.7 Å². The molecule has 0 radical (unpaired) electrons. The van der Waals surface area contributed by atoms with E-state index < -0.39 is 6.04 Å². The van der Waals surface area contributed by atoms with Gasteiger partial charge in [0.15, 0.2) is 0 Å². The van der Waals surface area contributed by atoms with E-state index in [1.807, 2.05) is 25.1 Å². The van der Waals surface area contributed by atoms with Crippen LogP contribution in [0.3, 0.4) is 0 Å². The molecule has 0 saturated heterocycles. The normalized spacial score (nSPS) is 12.2. The Balaban J connectivity index is 2.37. The number of carbonyl (C=O) groups is 1. The molecule has 4 heteroatoms. The van der Waals surface area contributed by atoms with Crippen LogP contribution in [-0.4, -0.2) is 16.9 Å². The lowest BCUT2D eigenvalue weighted by atomic mass is 10.1. The fourth-order valence-corrected chi connectivity index (χ4v) is 1.56. The molecule has 1 unspecified atom stereocenters. The van der Waals surface area contributed by atoms with Gasteiger partial charge in [-0.05, 0) is 25.5 Å². The van der Waals surface area contributed by atoms with Crippen molar-refractivity contribution in [3.8, 4) is 0 Å². The molecule has 0 spiro atoms. The maximum absolute atomic E-state index is 11.6. The summed E-state index contributed by atoms with van der Waals surface area (Å²) in [6.45, 7) is 4.46. The highest BCUT2D eigenvalue weighted by Crippen LogP contribution is 2.00. The van der Waals surface area contributed by atoms with Crippen molar-refractivity contribution in [3.63, 3.8) is 0 Å². The van der Waals surface area contributed by atoms with Crippen LogP contribution in [0.2, 0.25) is 0 Å². The van der Waals surface area contributed by atoms with Gasteiger partial charge in [0, 0.05) is 5.69 Å². The zero-order chi connectivity index (χ0) is 12.7. The number of pyridine rings is 1. The Kier molecular flexibility index (Phi) is 5.63. The van der Waals surface area contributed by atoms with Gasteiger partial charge in [-0.25, -0.2) is 0 Å². The molecule has 1 aromatic heterocycles. The second-order valence-corrected chi connectivity index (χ2v) is 4.24. The van der Waals surface area contributed by atoms with Crippen molar-refractivity contribution >= 4 is 5.91 Å². The van der Waals surface area contributed by atoms with Crippen LogP contribution in [0.25, 0.3) is 0 Å².